The van der Waals surface area contributed by atoms with Crippen molar-refractivity contribution in [2.45, 2.75) is 51.7 Å². The molecule has 1 aromatic heterocycles. The van der Waals surface area contributed by atoms with Gasteiger partial charge in [-0.3, -0.25) is 0 Å². The van der Waals surface area contributed by atoms with Gasteiger partial charge in [-0.2, -0.15) is 5.10 Å². The first kappa shape index (κ1) is 20.8. The summed E-state index contributed by atoms with van der Waals surface area (Å²) in [4.78, 5) is 2.52. The lowest BCUT2D eigenvalue weighted by Crippen LogP contribution is -2.22. The summed E-state index contributed by atoms with van der Waals surface area (Å²) >= 11 is 3.61. The highest BCUT2D eigenvalue weighted by molar-refractivity contribution is 9.10. The van der Waals surface area contributed by atoms with Gasteiger partial charge in [-0.1, -0.05) is 35.6 Å². The number of hydrogen-bond acceptors (Lipinski definition) is 4. The summed E-state index contributed by atoms with van der Waals surface area (Å²) in [5.41, 5.74) is 1.05. The maximum absolute atomic E-state index is 6.10. The monoisotopic (exact) mass is 453 g/mol. The van der Waals surface area contributed by atoms with E-state index in [1.54, 1.807) is 0 Å². The zero-order valence-corrected chi connectivity index (χ0v) is 19.4. The van der Waals surface area contributed by atoms with Crippen LogP contribution in [0.4, 0.5) is 0 Å². The Morgan fingerprint density at radius 1 is 1.15 bits per heavy atom. The van der Waals surface area contributed by atoms with Gasteiger partial charge in [0.25, 0.3) is 0 Å². The average molecular weight is 454 g/mol. The van der Waals surface area contributed by atoms with Gasteiger partial charge in [0.05, 0.1) is 23.7 Å². The first-order valence-corrected chi connectivity index (χ1v) is 14.5. The van der Waals surface area contributed by atoms with Crippen molar-refractivity contribution in [1.82, 2.24) is 14.7 Å². The largest absolute Gasteiger partial charge is 0.493 e. The molecule has 0 bridgehead atoms. The molecular weight excluding hydrogens is 422 g/mol. The third-order valence-electron chi connectivity index (χ3n) is 4.97. The van der Waals surface area contributed by atoms with Gasteiger partial charge in [-0.05, 0) is 50.5 Å². The molecule has 0 saturated carbocycles. The summed E-state index contributed by atoms with van der Waals surface area (Å²) in [7, 11) is -1.07. The number of benzene rings is 1. The minimum absolute atomic E-state index is 0.485. The van der Waals surface area contributed by atoms with Crippen LogP contribution in [-0.4, -0.2) is 55.6 Å². The standard InChI is InChI=1S/C20H32BrN3O2Si/c1-27(2,3)12-11-25-16-24-19-13-17(21)14-20(18(19)15-22-24)26-10-6-9-23-7-4-5-8-23/h13-15H,4-12,16H2,1-3H3. The lowest BCUT2D eigenvalue weighted by atomic mass is 10.2. The van der Waals surface area contributed by atoms with Crippen LogP contribution >= 0.6 is 15.9 Å². The Morgan fingerprint density at radius 2 is 1.93 bits per heavy atom. The van der Waals surface area contributed by atoms with Crippen LogP contribution in [0.1, 0.15) is 19.3 Å². The lowest BCUT2D eigenvalue weighted by molar-refractivity contribution is 0.0817. The fraction of sp³-hybridized carbons (Fsp3) is 0.650. The molecule has 5 nitrogen and oxygen atoms in total. The molecule has 0 spiro atoms. The summed E-state index contributed by atoms with van der Waals surface area (Å²) < 4.78 is 14.9. The van der Waals surface area contributed by atoms with Crippen LogP contribution in [0.3, 0.4) is 0 Å². The van der Waals surface area contributed by atoms with Gasteiger partial charge in [0.15, 0.2) is 0 Å². The van der Waals surface area contributed by atoms with Crippen molar-refractivity contribution in [3.63, 3.8) is 0 Å². The van der Waals surface area contributed by atoms with Crippen LogP contribution in [-0.2, 0) is 11.5 Å². The van der Waals surface area contributed by atoms with E-state index in [0.29, 0.717) is 6.73 Å². The molecule has 150 valence electrons. The van der Waals surface area contributed by atoms with E-state index < -0.39 is 8.07 Å². The first-order chi connectivity index (χ1) is 12.9. The highest BCUT2D eigenvalue weighted by atomic mass is 79.9. The normalized spacial score (nSPS) is 15.7. The van der Waals surface area contributed by atoms with Crippen molar-refractivity contribution in [2.24, 2.45) is 0 Å². The van der Waals surface area contributed by atoms with Gasteiger partial charge in [0, 0.05) is 25.7 Å². The first-order valence-electron chi connectivity index (χ1n) is 10.0. The molecular formula is C20H32BrN3O2Si. The minimum atomic E-state index is -1.07. The average Bonchev–Trinajstić information content (AvgIpc) is 3.24. The summed E-state index contributed by atoms with van der Waals surface area (Å²) in [6.45, 7) is 12.7. The van der Waals surface area contributed by atoms with E-state index >= 15 is 0 Å². The van der Waals surface area contributed by atoms with Gasteiger partial charge in [0.1, 0.15) is 12.5 Å². The van der Waals surface area contributed by atoms with Crippen LogP contribution in [0.2, 0.25) is 25.7 Å². The molecule has 2 heterocycles. The number of ether oxygens (including phenoxy) is 2. The Bertz CT molecular complexity index is 739. The number of aromatic nitrogens is 2. The SMILES string of the molecule is C[Si](C)(C)CCOCn1ncc2c(OCCCN3CCCC3)cc(Br)cc21. The number of nitrogens with zero attached hydrogens (tertiary/aromatic N) is 3. The third kappa shape index (κ3) is 6.31. The Morgan fingerprint density at radius 3 is 2.67 bits per heavy atom. The summed E-state index contributed by atoms with van der Waals surface area (Å²) in [6.07, 6.45) is 5.63. The van der Waals surface area contributed by atoms with E-state index in [-0.39, 0.29) is 0 Å². The van der Waals surface area contributed by atoms with E-state index in [9.17, 15) is 0 Å². The molecule has 0 amide bonds. The molecule has 0 aliphatic carbocycles. The predicted octanol–water partition coefficient (Wildman–Crippen LogP) is 4.98. The molecule has 0 atom stereocenters. The van der Waals surface area contributed by atoms with Gasteiger partial charge < -0.3 is 14.4 Å². The third-order valence-corrected chi connectivity index (χ3v) is 7.14. The number of hydrogen-bond donors (Lipinski definition) is 0. The van der Waals surface area contributed by atoms with Gasteiger partial charge >= 0.3 is 0 Å². The number of halogens is 1. The summed E-state index contributed by atoms with van der Waals surface area (Å²) in [5.74, 6) is 0.897. The molecule has 1 saturated heterocycles. The molecule has 2 aromatic rings. The van der Waals surface area contributed by atoms with Crippen molar-refractivity contribution in [2.75, 3.05) is 32.8 Å². The molecule has 7 heteroatoms. The highest BCUT2D eigenvalue weighted by Gasteiger charge is 2.14. The molecule has 1 aliphatic rings. The molecule has 0 radical (unpaired) electrons. The minimum Gasteiger partial charge on any atom is -0.493 e. The van der Waals surface area contributed by atoms with E-state index in [0.717, 1.165) is 47.3 Å². The predicted molar refractivity (Wildman–Crippen MR) is 117 cm³/mol. The Balaban J connectivity index is 1.56. The van der Waals surface area contributed by atoms with Crippen LogP contribution in [0.5, 0.6) is 5.75 Å². The quantitative estimate of drug-likeness (QED) is 0.375. The van der Waals surface area contributed by atoms with Crippen molar-refractivity contribution < 1.29 is 9.47 Å². The van der Waals surface area contributed by atoms with Crippen LogP contribution in [0.25, 0.3) is 10.9 Å². The summed E-state index contributed by atoms with van der Waals surface area (Å²) in [5, 5.41) is 5.57. The Hall–Kier alpha value is -0.893. The van der Waals surface area contributed by atoms with E-state index in [1.807, 2.05) is 16.9 Å². The maximum Gasteiger partial charge on any atom is 0.139 e. The molecule has 1 aromatic carbocycles. The second-order valence-electron chi connectivity index (χ2n) is 8.58. The van der Waals surface area contributed by atoms with E-state index in [2.05, 4.69) is 51.6 Å². The second-order valence-corrected chi connectivity index (χ2v) is 15.1. The van der Waals surface area contributed by atoms with Crippen molar-refractivity contribution in [1.29, 1.82) is 0 Å². The van der Waals surface area contributed by atoms with Gasteiger partial charge in [-0.15, -0.1) is 0 Å². The molecule has 3 rings (SSSR count). The van der Waals surface area contributed by atoms with E-state index in [1.165, 1.54) is 32.0 Å². The fourth-order valence-electron chi connectivity index (χ4n) is 3.34. The topological polar surface area (TPSA) is 39.5 Å². The van der Waals surface area contributed by atoms with E-state index in [4.69, 9.17) is 9.47 Å². The Kier molecular flexibility index (Phi) is 7.36. The Labute approximate surface area is 172 Å². The molecule has 0 N–H and O–H groups in total. The fourth-order valence-corrected chi connectivity index (χ4v) is 4.52. The van der Waals surface area contributed by atoms with Crippen molar-refractivity contribution in [3.05, 3.63) is 22.8 Å². The number of likely N-dealkylation sites (tertiary alicyclic amines) is 1. The highest BCUT2D eigenvalue weighted by Crippen LogP contribution is 2.30. The van der Waals surface area contributed by atoms with Crippen LogP contribution in [0, 0.1) is 0 Å². The van der Waals surface area contributed by atoms with Crippen LogP contribution in [0.15, 0.2) is 22.8 Å². The smallest absolute Gasteiger partial charge is 0.139 e. The van der Waals surface area contributed by atoms with Gasteiger partial charge in [-0.25, -0.2) is 4.68 Å². The van der Waals surface area contributed by atoms with Crippen LogP contribution < -0.4 is 4.74 Å². The number of rotatable bonds is 10. The second kappa shape index (κ2) is 9.54. The molecule has 1 aliphatic heterocycles. The molecule has 27 heavy (non-hydrogen) atoms. The lowest BCUT2D eigenvalue weighted by Gasteiger charge is -2.16. The maximum atomic E-state index is 6.10. The van der Waals surface area contributed by atoms with Crippen molar-refractivity contribution in [3.8, 4) is 5.75 Å². The van der Waals surface area contributed by atoms with Gasteiger partial charge in [0.2, 0.25) is 0 Å². The number of fused-ring (bicyclic) bond motifs is 1. The molecule has 1 fully saturated rings. The summed E-state index contributed by atoms with van der Waals surface area (Å²) in [6, 6.07) is 5.29. The zero-order chi connectivity index (χ0) is 19.3. The van der Waals surface area contributed by atoms with Crippen molar-refractivity contribution >= 4 is 34.9 Å². The zero-order valence-electron chi connectivity index (χ0n) is 16.8. The molecule has 0 unspecified atom stereocenters.